The van der Waals surface area contributed by atoms with Crippen LogP contribution >= 0.6 is 0 Å². The Labute approximate surface area is 167 Å². The van der Waals surface area contributed by atoms with Crippen molar-refractivity contribution in [1.29, 1.82) is 0 Å². The highest BCUT2D eigenvalue weighted by atomic mass is 16.5. The van der Waals surface area contributed by atoms with Crippen LogP contribution in [0.3, 0.4) is 0 Å². The van der Waals surface area contributed by atoms with E-state index >= 15 is 0 Å². The molecule has 1 fully saturated rings. The van der Waals surface area contributed by atoms with E-state index < -0.39 is 0 Å². The van der Waals surface area contributed by atoms with Crippen LogP contribution in [-0.2, 0) is 6.54 Å². The molecule has 7 nitrogen and oxygen atoms in total. The lowest BCUT2D eigenvalue weighted by Gasteiger charge is -2.26. The number of hydrogen-bond donors (Lipinski definition) is 1. The topological polar surface area (TPSA) is 72.3 Å². The van der Waals surface area contributed by atoms with Gasteiger partial charge in [-0.25, -0.2) is 4.68 Å². The number of nitrogens with zero attached hydrogens (tertiary/aromatic N) is 4. The van der Waals surface area contributed by atoms with Crippen molar-refractivity contribution < 1.29 is 9.53 Å². The Morgan fingerprint density at radius 2 is 2.07 bits per heavy atom. The molecule has 2 heterocycles. The minimum Gasteiger partial charge on any atom is -0.496 e. The van der Waals surface area contributed by atoms with E-state index in [1.165, 1.54) is 19.3 Å². The first-order chi connectivity index (χ1) is 13.7. The summed E-state index contributed by atoms with van der Waals surface area (Å²) in [6, 6.07) is 3.83. The van der Waals surface area contributed by atoms with E-state index in [0.29, 0.717) is 11.3 Å². The van der Waals surface area contributed by atoms with Crippen molar-refractivity contribution in [2.24, 2.45) is 0 Å². The van der Waals surface area contributed by atoms with Crippen molar-refractivity contribution in [2.45, 2.75) is 65.0 Å². The molecule has 1 aliphatic rings. The predicted molar refractivity (Wildman–Crippen MR) is 111 cm³/mol. The second-order valence-electron chi connectivity index (χ2n) is 7.62. The molecule has 1 atom stereocenters. The molecule has 28 heavy (non-hydrogen) atoms. The van der Waals surface area contributed by atoms with Gasteiger partial charge in [0, 0.05) is 25.2 Å². The van der Waals surface area contributed by atoms with E-state index in [2.05, 4.69) is 34.4 Å². The number of methoxy groups -OCH3 is 1. The zero-order valence-corrected chi connectivity index (χ0v) is 17.4. The minimum atomic E-state index is -0.0934. The van der Waals surface area contributed by atoms with Gasteiger partial charge in [0.05, 0.1) is 18.2 Å². The van der Waals surface area contributed by atoms with Gasteiger partial charge in [0.15, 0.2) is 0 Å². The van der Waals surface area contributed by atoms with Crippen LogP contribution in [0.4, 0.5) is 0 Å². The number of rotatable bonds is 6. The van der Waals surface area contributed by atoms with Crippen molar-refractivity contribution in [3.8, 4) is 5.75 Å². The van der Waals surface area contributed by atoms with Crippen LogP contribution in [0.1, 0.15) is 62.7 Å². The Morgan fingerprint density at radius 1 is 1.25 bits per heavy atom. The summed E-state index contributed by atoms with van der Waals surface area (Å²) in [5, 5.41) is 11.7. The summed E-state index contributed by atoms with van der Waals surface area (Å²) in [5.41, 5.74) is 2.15. The summed E-state index contributed by atoms with van der Waals surface area (Å²) >= 11 is 0. The third kappa shape index (κ3) is 4.82. The first-order valence-corrected chi connectivity index (χ1v) is 10.6. The Kier molecular flexibility index (Phi) is 7.25. The molecule has 0 bridgehead atoms. The summed E-state index contributed by atoms with van der Waals surface area (Å²) < 4.78 is 7.39. The van der Waals surface area contributed by atoms with Gasteiger partial charge in [0.2, 0.25) is 0 Å². The fraction of sp³-hybridized carbons (Fsp3) is 0.667. The second kappa shape index (κ2) is 9.87. The molecule has 0 spiro atoms. The molecule has 1 amide bonds. The molecule has 3 rings (SSSR count). The number of carbonyl (C=O) groups excluding carboxylic acids is 1. The van der Waals surface area contributed by atoms with E-state index in [4.69, 9.17) is 4.74 Å². The van der Waals surface area contributed by atoms with E-state index in [1.807, 2.05) is 10.7 Å². The van der Waals surface area contributed by atoms with Gasteiger partial charge >= 0.3 is 0 Å². The van der Waals surface area contributed by atoms with Crippen molar-refractivity contribution in [2.75, 3.05) is 26.7 Å². The second-order valence-corrected chi connectivity index (χ2v) is 7.62. The molecule has 2 aromatic rings. The molecule has 1 aromatic heterocycles. The minimum absolute atomic E-state index is 0.0934. The van der Waals surface area contributed by atoms with Gasteiger partial charge in [-0.05, 0) is 38.4 Å². The number of benzene rings is 1. The maximum absolute atomic E-state index is 13.1. The fourth-order valence-electron chi connectivity index (χ4n) is 3.96. The molecule has 1 aliphatic heterocycles. The molecule has 0 unspecified atom stereocenters. The summed E-state index contributed by atoms with van der Waals surface area (Å²) in [5.74, 6) is 0.476. The van der Waals surface area contributed by atoms with Gasteiger partial charge < -0.3 is 15.0 Å². The number of likely N-dealkylation sites (N-methyl/N-ethyl adjacent to an activating group) is 1. The molecule has 154 valence electrons. The van der Waals surface area contributed by atoms with Crippen LogP contribution in [0.15, 0.2) is 12.1 Å². The summed E-state index contributed by atoms with van der Waals surface area (Å²) in [6.07, 6.45) is 6.89. The maximum atomic E-state index is 13.1. The SMILES string of the molecule is CCCn1nnc2cc(C(=O)N[C@@H]3CCCCCCN(CC)C3)c(OC)cc21. The molecule has 1 N–H and O–H groups in total. The summed E-state index contributed by atoms with van der Waals surface area (Å²) in [6.45, 7) is 8.11. The van der Waals surface area contributed by atoms with Gasteiger partial charge in [0.1, 0.15) is 11.3 Å². The Hall–Kier alpha value is -2.15. The van der Waals surface area contributed by atoms with Gasteiger partial charge in [0.25, 0.3) is 5.91 Å². The number of carbonyl (C=O) groups is 1. The first-order valence-electron chi connectivity index (χ1n) is 10.6. The van der Waals surface area contributed by atoms with Crippen LogP contribution in [-0.4, -0.2) is 58.6 Å². The summed E-state index contributed by atoms with van der Waals surface area (Å²) in [4.78, 5) is 15.5. The lowest BCUT2D eigenvalue weighted by atomic mass is 10.1. The maximum Gasteiger partial charge on any atom is 0.255 e. The number of nitrogens with one attached hydrogen (secondary N) is 1. The van der Waals surface area contributed by atoms with Gasteiger partial charge in [-0.3, -0.25) is 4.79 Å². The highest BCUT2D eigenvalue weighted by Crippen LogP contribution is 2.25. The lowest BCUT2D eigenvalue weighted by molar-refractivity contribution is 0.0920. The molecule has 0 radical (unpaired) electrons. The average molecular weight is 388 g/mol. The highest BCUT2D eigenvalue weighted by molar-refractivity contribution is 6.00. The molecule has 1 saturated heterocycles. The van der Waals surface area contributed by atoms with Crippen molar-refractivity contribution in [3.05, 3.63) is 17.7 Å². The number of ether oxygens (including phenoxy) is 1. The highest BCUT2D eigenvalue weighted by Gasteiger charge is 2.21. The Morgan fingerprint density at radius 3 is 2.82 bits per heavy atom. The fourth-order valence-corrected chi connectivity index (χ4v) is 3.96. The largest absolute Gasteiger partial charge is 0.496 e. The van der Waals surface area contributed by atoms with Gasteiger partial charge in [-0.1, -0.05) is 38.3 Å². The van der Waals surface area contributed by atoms with Crippen LogP contribution in [0.25, 0.3) is 11.0 Å². The van der Waals surface area contributed by atoms with E-state index in [0.717, 1.165) is 56.5 Å². The van der Waals surface area contributed by atoms with E-state index in [1.54, 1.807) is 13.2 Å². The molecular weight excluding hydrogens is 354 g/mol. The zero-order chi connectivity index (χ0) is 19.9. The van der Waals surface area contributed by atoms with Crippen LogP contribution in [0, 0.1) is 0 Å². The summed E-state index contributed by atoms with van der Waals surface area (Å²) in [7, 11) is 1.60. The van der Waals surface area contributed by atoms with Crippen molar-refractivity contribution in [3.63, 3.8) is 0 Å². The van der Waals surface area contributed by atoms with Gasteiger partial charge in [-0.15, -0.1) is 5.10 Å². The molecule has 0 saturated carbocycles. The number of hydrogen-bond acceptors (Lipinski definition) is 5. The van der Waals surface area contributed by atoms with E-state index in [9.17, 15) is 4.79 Å². The first kappa shape index (κ1) is 20.6. The molecular formula is C21H33N5O2. The quantitative estimate of drug-likeness (QED) is 0.824. The predicted octanol–water partition coefficient (Wildman–Crippen LogP) is 3.23. The molecule has 1 aromatic carbocycles. The Bertz CT molecular complexity index is 788. The number of amides is 1. The monoisotopic (exact) mass is 387 g/mol. The third-order valence-corrected chi connectivity index (χ3v) is 5.55. The third-order valence-electron chi connectivity index (χ3n) is 5.55. The molecule has 0 aliphatic carbocycles. The van der Waals surface area contributed by atoms with Gasteiger partial charge in [-0.2, -0.15) is 0 Å². The number of fused-ring (bicyclic) bond motifs is 1. The standard InChI is InChI=1S/C21H33N5O2/c1-4-11-26-19-14-20(28-3)17(13-18(19)23-24-26)21(27)22-16-10-8-6-7-9-12-25(5-2)15-16/h13-14,16H,4-12,15H2,1-3H3,(H,22,27)/t16-/m1/s1. The normalized spacial score (nSPS) is 19.0. The van der Waals surface area contributed by atoms with Crippen LogP contribution in [0.2, 0.25) is 0 Å². The number of aromatic nitrogens is 3. The van der Waals surface area contributed by atoms with Crippen molar-refractivity contribution in [1.82, 2.24) is 25.2 Å². The smallest absolute Gasteiger partial charge is 0.255 e. The average Bonchev–Trinajstić information content (AvgIpc) is 3.14. The van der Waals surface area contributed by atoms with Crippen LogP contribution < -0.4 is 10.1 Å². The van der Waals surface area contributed by atoms with Crippen molar-refractivity contribution >= 4 is 16.9 Å². The Balaban J connectivity index is 1.81. The zero-order valence-electron chi connectivity index (χ0n) is 17.4. The number of aryl methyl sites for hydroxylation is 1. The van der Waals surface area contributed by atoms with E-state index in [-0.39, 0.29) is 11.9 Å². The lowest BCUT2D eigenvalue weighted by Crippen LogP contribution is -2.43. The van der Waals surface area contributed by atoms with Crippen LogP contribution in [0.5, 0.6) is 5.75 Å². The molecule has 7 heteroatoms.